The number of nitrogens with one attached hydrogen (secondary N) is 1. The lowest BCUT2D eigenvalue weighted by atomic mass is 10.1. The molecule has 5 heteroatoms. The van der Waals surface area contributed by atoms with Crippen LogP contribution in [-0.4, -0.2) is 37.9 Å². The van der Waals surface area contributed by atoms with Crippen LogP contribution < -0.4 is 5.32 Å². The van der Waals surface area contributed by atoms with Crippen molar-refractivity contribution in [1.82, 2.24) is 5.32 Å². The maximum absolute atomic E-state index is 13.2. The van der Waals surface area contributed by atoms with E-state index in [0.29, 0.717) is 30.9 Å². The molecule has 2 atom stereocenters. The lowest BCUT2D eigenvalue weighted by Crippen LogP contribution is -2.43. The van der Waals surface area contributed by atoms with E-state index in [1.807, 2.05) is 6.92 Å². The third kappa shape index (κ3) is 3.30. The normalized spacial score (nSPS) is 22.5. The molecule has 1 aromatic carbocycles. The van der Waals surface area contributed by atoms with Gasteiger partial charge < -0.3 is 14.8 Å². The molecule has 0 spiro atoms. The molecule has 0 radical (unpaired) electrons. The van der Waals surface area contributed by atoms with Crippen molar-refractivity contribution < 1.29 is 18.7 Å². The zero-order valence-electron chi connectivity index (χ0n) is 11.1. The molecule has 0 unspecified atom stereocenters. The topological polar surface area (TPSA) is 47.6 Å². The quantitative estimate of drug-likeness (QED) is 0.902. The van der Waals surface area contributed by atoms with Crippen molar-refractivity contribution in [2.45, 2.75) is 26.0 Å². The lowest BCUT2D eigenvalue weighted by Gasteiger charge is -2.19. The van der Waals surface area contributed by atoms with E-state index in [9.17, 15) is 9.18 Å². The molecule has 2 rings (SSSR count). The summed E-state index contributed by atoms with van der Waals surface area (Å²) in [7, 11) is 0. The number of carbonyl (C=O) groups excluding carboxylic acids is 1. The van der Waals surface area contributed by atoms with Gasteiger partial charge in [0.25, 0.3) is 5.91 Å². The van der Waals surface area contributed by atoms with Crippen molar-refractivity contribution in [3.05, 3.63) is 35.1 Å². The van der Waals surface area contributed by atoms with Crippen molar-refractivity contribution in [1.29, 1.82) is 0 Å². The number of aryl methyl sites for hydroxylation is 1. The Bertz CT molecular complexity index is 464. The fraction of sp³-hybridized carbons (Fsp3) is 0.500. The second-order valence-electron chi connectivity index (χ2n) is 4.58. The Morgan fingerprint density at radius 2 is 2.32 bits per heavy atom. The van der Waals surface area contributed by atoms with Crippen molar-refractivity contribution in [3.8, 4) is 0 Å². The van der Waals surface area contributed by atoms with Gasteiger partial charge in [0.05, 0.1) is 19.3 Å². The van der Waals surface area contributed by atoms with Gasteiger partial charge in [-0.25, -0.2) is 4.39 Å². The first kappa shape index (κ1) is 14.0. The summed E-state index contributed by atoms with van der Waals surface area (Å²) in [6.07, 6.45) is -0.115. The summed E-state index contributed by atoms with van der Waals surface area (Å²) in [4.78, 5) is 12.1. The monoisotopic (exact) mass is 267 g/mol. The third-order valence-electron chi connectivity index (χ3n) is 3.15. The smallest absolute Gasteiger partial charge is 0.251 e. The highest BCUT2D eigenvalue weighted by molar-refractivity contribution is 5.94. The van der Waals surface area contributed by atoms with Gasteiger partial charge in [0.2, 0.25) is 0 Å². The van der Waals surface area contributed by atoms with E-state index in [0.717, 1.165) is 0 Å². The number of rotatable bonds is 4. The summed E-state index contributed by atoms with van der Waals surface area (Å²) >= 11 is 0. The summed E-state index contributed by atoms with van der Waals surface area (Å²) < 4.78 is 24.0. The molecular weight excluding hydrogens is 249 g/mol. The fourth-order valence-corrected chi connectivity index (χ4v) is 2.09. The van der Waals surface area contributed by atoms with Crippen LogP contribution >= 0.6 is 0 Å². The van der Waals surface area contributed by atoms with Crippen molar-refractivity contribution in [2.75, 3.05) is 19.8 Å². The summed E-state index contributed by atoms with van der Waals surface area (Å²) in [6.45, 7) is 5.04. The zero-order valence-corrected chi connectivity index (χ0v) is 11.1. The molecule has 1 aliphatic heterocycles. The first-order chi connectivity index (χ1) is 9.11. The first-order valence-corrected chi connectivity index (χ1v) is 6.38. The standard InChI is InChI=1S/C14H18FNO3/c1-3-19-13-8-18-7-12(13)16-14(17)10-4-5-11(15)9(2)6-10/h4-6,12-13H,3,7-8H2,1-2H3,(H,16,17)/t12-,13-/m0/s1. The fourth-order valence-electron chi connectivity index (χ4n) is 2.09. The molecule has 1 fully saturated rings. The number of ether oxygens (including phenoxy) is 2. The Labute approximate surface area is 111 Å². The summed E-state index contributed by atoms with van der Waals surface area (Å²) in [6, 6.07) is 4.16. The highest BCUT2D eigenvalue weighted by atomic mass is 19.1. The van der Waals surface area contributed by atoms with Gasteiger partial charge in [-0.1, -0.05) is 0 Å². The predicted octanol–water partition coefficient (Wildman–Crippen LogP) is 1.67. The SMILES string of the molecule is CCO[C@H]1COC[C@@H]1NC(=O)c1ccc(F)c(C)c1. The minimum absolute atomic E-state index is 0.115. The van der Waals surface area contributed by atoms with Crippen LogP contribution in [0.5, 0.6) is 0 Å². The van der Waals surface area contributed by atoms with Crippen LogP contribution in [0, 0.1) is 12.7 Å². The van der Waals surface area contributed by atoms with E-state index in [1.165, 1.54) is 18.2 Å². The molecule has 104 valence electrons. The summed E-state index contributed by atoms with van der Waals surface area (Å²) in [5.74, 6) is -0.545. The van der Waals surface area contributed by atoms with Gasteiger partial charge in [-0.15, -0.1) is 0 Å². The highest BCUT2D eigenvalue weighted by Crippen LogP contribution is 2.13. The van der Waals surface area contributed by atoms with Gasteiger partial charge in [0.15, 0.2) is 0 Å². The van der Waals surface area contributed by atoms with Crippen LogP contribution in [0.15, 0.2) is 18.2 Å². The number of benzene rings is 1. The van der Waals surface area contributed by atoms with Gasteiger partial charge in [-0.2, -0.15) is 0 Å². The average Bonchev–Trinajstić information content (AvgIpc) is 2.80. The molecule has 0 aliphatic carbocycles. The number of hydrogen-bond acceptors (Lipinski definition) is 3. The molecule has 0 aromatic heterocycles. The number of carbonyl (C=O) groups is 1. The molecule has 1 N–H and O–H groups in total. The van der Waals surface area contributed by atoms with Crippen LogP contribution in [0.1, 0.15) is 22.8 Å². The van der Waals surface area contributed by atoms with Crippen LogP contribution in [0.4, 0.5) is 4.39 Å². The Morgan fingerprint density at radius 3 is 3.00 bits per heavy atom. The minimum Gasteiger partial charge on any atom is -0.376 e. The maximum atomic E-state index is 13.2. The molecule has 19 heavy (non-hydrogen) atoms. The van der Waals surface area contributed by atoms with Gasteiger partial charge in [0, 0.05) is 12.2 Å². The van der Waals surface area contributed by atoms with E-state index in [-0.39, 0.29) is 23.9 Å². The molecular formula is C14H18FNO3. The number of halogens is 1. The van der Waals surface area contributed by atoms with Crippen LogP contribution in [-0.2, 0) is 9.47 Å². The van der Waals surface area contributed by atoms with Crippen molar-refractivity contribution in [2.24, 2.45) is 0 Å². The Balaban J connectivity index is 2.02. The third-order valence-corrected chi connectivity index (χ3v) is 3.15. The second-order valence-corrected chi connectivity index (χ2v) is 4.58. The lowest BCUT2D eigenvalue weighted by molar-refractivity contribution is 0.0402. The van der Waals surface area contributed by atoms with E-state index in [1.54, 1.807) is 6.92 Å². The van der Waals surface area contributed by atoms with E-state index < -0.39 is 0 Å². The predicted molar refractivity (Wildman–Crippen MR) is 68.6 cm³/mol. The maximum Gasteiger partial charge on any atom is 0.251 e. The van der Waals surface area contributed by atoms with Crippen molar-refractivity contribution >= 4 is 5.91 Å². The zero-order chi connectivity index (χ0) is 13.8. The summed E-state index contributed by atoms with van der Waals surface area (Å²) in [5, 5.41) is 2.87. The first-order valence-electron chi connectivity index (χ1n) is 6.38. The molecule has 4 nitrogen and oxygen atoms in total. The second kappa shape index (κ2) is 6.12. The summed E-state index contributed by atoms with van der Waals surface area (Å²) in [5.41, 5.74) is 0.901. The number of hydrogen-bond donors (Lipinski definition) is 1. The molecule has 1 heterocycles. The van der Waals surface area contributed by atoms with Crippen LogP contribution in [0.3, 0.4) is 0 Å². The van der Waals surface area contributed by atoms with Gasteiger partial charge in [-0.05, 0) is 37.6 Å². The molecule has 0 bridgehead atoms. The van der Waals surface area contributed by atoms with Crippen molar-refractivity contribution in [3.63, 3.8) is 0 Å². The van der Waals surface area contributed by atoms with Gasteiger partial charge in [0.1, 0.15) is 11.9 Å². The largest absolute Gasteiger partial charge is 0.376 e. The van der Waals surface area contributed by atoms with E-state index in [2.05, 4.69) is 5.32 Å². The Morgan fingerprint density at radius 1 is 1.53 bits per heavy atom. The average molecular weight is 267 g/mol. The van der Waals surface area contributed by atoms with Gasteiger partial charge >= 0.3 is 0 Å². The van der Waals surface area contributed by atoms with E-state index >= 15 is 0 Å². The molecule has 0 saturated carbocycles. The molecule has 1 aliphatic rings. The van der Waals surface area contributed by atoms with Crippen LogP contribution in [0.25, 0.3) is 0 Å². The molecule has 1 aromatic rings. The van der Waals surface area contributed by atoms with E-state index in [4.69, 9.17) is 9.47 Å². The minimum atomic E-state index is -0.312. The van der Waals surface area contributed by atoms with Gasteiger partial charge in [-0.3, -0.25) is 4.79 Å². The molecule has 1 amide bonds. The Kier molecular flexibility index (Phi) is 4.50. The number of amides is 1. The Hall–Kier alpha value is -1.46. The molecule has 1 saturated heterocycles. The van der Waals surface area contributed by atoms with Crippen LogP contribution in [0.2, 0.25) is 0 Å². The highest BCUT2D eigenvalue weighted by Gasteiger charge is 2.30.